The first-order chi connectivity index (χ1) is 11.2. The molecule has 1 atom stereocenters. The highest BCUT2D eigenvalue weighted by molar-refractivity contribution is 5.77. The van der Waals surface area contributed by atoms with Gasteiger partial charge in [0.1, 0.15) is 6.61 Å². The van der Waals surface area contributed by atoms with Gasteiger partial charge in [-0.05, 0) is 44.7 Å². The molecule has 132 valence electrons. The van der Waals surface area contributed by atoms with Crippen LogP contribution in [-0.4, -0.2) is 62.1 Å². The molecule has 1 amide bonds. The molecule has 3 aliphatic rings. The number of methoxy groups -OCH3 is 1. The third-order valence-electron chi connectivity index (χ3n) is 6.38. The maximum atomic E-state index is 12.1. The molecular formula is C19H34N2O2. The number of rotatable bonds is 5. The SMILES string of the molecule is COCC(=O)N1CCC2(CCCN(CCC3CCCCC3)C2)C1. The number of amides is 1. The third-order valence-corrected chi connectivity index (χ3v) is 6.38. The van der Waals surface area contributed by atoms with Gasteiger partial charge in [0.15, 0.2) is 0 Å². The molecule has 1 unspecified atom stereocenters. The minimum atomic E-state index is 0.170. The predicted molar refractivity (Wildman–Crippen MR) is 92.4 cm³/mol. The molecule has 2 aliphatic heterocycles. The zero-order valence-corrected chi connectivity index (χ0v) is 14.9. The summed E-state index contributed by atoms with van der Waals surface area (Å²) < 4.78 is 5.02. The molecule has 0 aromatic heterocycles. The molecule has 0 bridgehead atoms. The Morgan fingerprint density at radius 1 is 1.09 bits per heavy atom. The Labute approximate surface area is 141 Å². The fraction of sp³-hybridized carbons (Fsp3) is 0.947. The molecule has 1 saturated carbocycles. The number of nitrogens with zero attached hydrogens (tertiary/aromatic N) is 2. The van der Waals surface area contributed by atoms with Gasteiger partial charge in [0.05, 0.1) is 0 Å². The summed E-state index contributed by atoms with van der Waals surface area (Å²) in [6, 6.07) is 0. The average molecular weight is 322 g/mol. The van der Waals surface area contributed by atoms with Gasteiger partial charge in [-0.2, -0.15) is 0 Å². The van der Waals surface area contributed by atoms with Crippen molar-refractivity contribution in [2.45, 2.75) is 57.8 Å². The first-order valence-corrected chi connectivity index (χ1v) is 9.70. The normalized spacial score (nSPS) is 30.2. The van der Waals surface area contributed by atoms with E-state index in [1.807, 2.05) is 4.90 Å². The van der Waals surface area contributed by atoms with E-state index in [1.165, 1.54) is 77.4 Å². The number of ether oxygens (including phenoxy) is 1. The summed E-state index contributed by atoms with van der Waals surface area (Å²) >= 11 is 0. The van der Waals surface area contributed by atoms with Crippen molar-refractivity contribution >= 4 is 5.91 Å². The highest BCUT2D eigenvalue weighted by Crippen LogP contribution is 2.39. The molecule has 1 spiro atoms. The van der Waals surface area contributed by atoms with Crippen LogP contribution < -0.4 is 0 Å². The van der Waals surface area contributed by atoms with Crippen molar-refractivity contribution in [2.24, 2.45) is 11.3 Å². The zero-order chi connectivity index (χ0) is 16.1. The van der Waals surface area contributed by atoms with Crippen LogP contribution in [0.15, 0.2) is 0 Å². The highest BCUT2D eigenvalue weighted by atomic mass is 16.5. The van der Waals surface area contributed by atoms with Crippen LogP contribution in [0.3, 0.4) is 0 Å². The molecule has 0 aromatic rings. The van der Waals surface area contributed by atoms with E-state index in [9.17, 15) is 4.79 Å². The van der Waals surface area contributed by atoms with E-state index in [4.69, 9.17) is 4.74 Å². The van der Waals surface area contributed by atoms with Crippen LogP contribution in [0.1, 0.15) is 57.8 Å². The van der Waals surface area contributed by atoms with Crippen molar-refractivity contribution in [1.82, 2.24) is 9.80 Å². The average Bonchev–Trinajstić information content (AvgIpc) is 2.98. The minimum Gasteiger partial charge on any atom is -0.375 e. The summed E-state index contributed by atoms with van der Waals surface area (Å²) in [5.74, 6) is 1.15. The summed E-state index contributed by atoms with van der Waals surface area (Å²) in [6.45, 7) is 5.87. The number of likely N-dealkylation sites (tertiary alicyclic amines) is 2. The Kier molecular flexibility index (Phi) is 5.97. The molecule has 2 heterocycles. The standard InChI is InChI=1S/C19H34N2O2/c1-23-14-18(22)21-13-10-19(16-21)9-5-11-20(15-19)12-8-17-6-3-2-4-7-17/h17H,2-16H2,1H3. The molecule has 2 saturated heterocycles. The number of hydrogen-bond donors (Lipinski definition) is 0. The fourth-order valence-corrected chi connectivity index (χ4v) is 5.04. The molecular weight excluding hydrogens is 288 g/mol. The van der Waals surface area contributed by atoms with Gasteiger partial charge in [-0.25, -0.2) is 0 Å². The second-order valence-electron chi connectivity index (χ2n) is 8.17. The number of carbonyl (C=O) groups excluding carboxylic acids is 1. The van der Waals surface area contributed by atoms with E-state index in [-0.39, 0.29) is 12.5 Å². The predicted octanol–water partition coefficient (Wildman–Crippen LogP) is 2.92. The largest absolute Gasteiger partial charge is 0.375 e. The van der Waals surface area contributed by atoms with Crippen LogP contribution in [0.4, 0.5) is 0 Å². The summed E-state index contributed by atoms with van der Waals surface area (Å²) in [4.78, 5) is 16.8. The zero-order valence-electron chi connectivity index (χ0n) is 14.9. The highest BCUT2D eigenvalue weighted by Gasteiger charge is 2.42. The molecule has 0 N–H and O–H groups in total. The molecule has 1 aliphatic carbocycles. The van der Waals surface area contributed by atoms with Gasteiger partial charge in [0.2, 0.25) is 5.91 Å². The quantitative estimate of drug-likeness (QED) is 0.780. The second-order valence-corrected chi connectivity index (χ2v) is 8.17. The lowest BCUT2D eigenvalue weighted by Gasteiger charge is -2.41. The van der Waals surface area contributed by atoms with Crippen molar-refractivity contribution in [3.63, 3.8) is 0 Å². The lowest BCUT2D eigenvalue weighted by molar-refractivity contribution is -0.134. The van der Waals surface area contributed by atoms with Crippen LogP contribution in [0, 0.1) is 11.3 Å². The van der Waals surface area contributed by atoms with E-state index in [2.05, 4.69) is 4.90 Å². The monoisotopic (exact) mass is 322 g/mol. The topological polar surface area (TPSA) is 32.8 Å². The fourth-order valence-electron chi connectivity index (χ4n) is 5.04. The summed E-state index contributed by atoms with van der Waals surface area (Å²) in [5, 5.41) is 0. The van der Waals surface area contributed by atoms with E-state index in [0.717, 1.165) is 19.0 Å². The Balaban J connectivity index is 1.47. The molecule has 0 radical (unpaired) electrons. The Morgan fingerprint density at radius 3 is 2.70 bits per heavy atom. The van der Waals surface area contributed by atoms with Gasteiger partial charge in [0, 0.05) is 32.2 Å². The second kappa shape index (κ2) is 7.98. The Morgan fingerprint density at radius 2 is 1.91 bits per heavy atom. The lowest BCUT2D eigenvalue weighted by atomic mass is 9.79. The van der Waals surface area contributed by atoms with Crippen LogP contribution >= 0.6 is 0 Å². The molecule has 3 rings (SSSR count). The van der Waals surface area contributed by atoms with Crippen molar-refractivity contribution in [2.75, 3.05) is 46.4 Å². The molecule has 4 heteroatoms. The summed E-state index contributed by atoms with van der Waals surface area (Å²) in [7, 11) is 1.61. The molecule has 4 nitrogen and oxygen atoms in total. The van der Waals surface area contributed by atoms with Gasteiger partial charge in [-0.1, -0.05) is 32.1 Å². The molecule has 3 fully saturated rings. The van der Waals surface area contributed by atoms with Crippen LogP contribution in [0.25, 0.3) is 0 Å². The number of piperidine rings is 1. The third kappa shape index (κ3) is 4.48. The van der Waals surface area contributed by atoms with Crippen LogP contribution in [0.5, 0.6) is 0 Å². The van der Waals surface area contributed by atoms with E-state index < -0.39 is 0 Å². The van der Waals surface area contributed by atoms with E-state index in [1.54, 1.807) is 7.11 Å². The van der Waals surface area contributed by atoms with Crippen molar-refractivity contribution in [3.05, 3.63) is 0 Å². The van der Waals surface area contributed by atoms with Crippen molar-refractivity contribution in [3.8, 4) is 0 Å². The first-order valence-electron chi connectivity index (χ1n) is 9.70. The van der Waals surface area contributed by atoms with Gasteiger partial charge >= 0.3 is 0 Å². The van der Waals surface area contributed by atoms with Gasteiger partial charge in [0.25, 0.3) is 0 Å². The summed E-state index contributed by atoms with van der Waals surface area (Å²) in [5.41, 5.74) is 0.369. The van der Waals surface area contributed by atoms with Crippen LogP contribution in [0.2, 0.25) is 0 Å². The van der Waals surface area contributed by atoms with Crippen molar-refractivity contribution < 1.29 is 9.53 Å². The van der Waals surface area contributed by atoms with Gasteiger partial charge < -0.3 is 14.5 Å². The number of hydrogen-bond acceptors (Lipinski definition) is 3. The smallest absolute Gasteiger partial charge is 0.248 e. The van der Waals surface area contributed by atoms with Crippen LogP contribution in [-0.2, 0) is 9.53 Å². The van der Waals surface area contributed by atoms with Crippen molar-refractivity contribution in [1.29, 1.82) is 0 Å². The lowest BCUT2D eigenvalue weighted by Crippen LogP contribution is -2.46. The molecule has 0 aromatic carbocycles. The first kappa shape index (κ1) is 17.2. The maximum absolute atomic E-state index is 12.1. The molecule has 23 heavy (non-hydrogen) atoms. The maximum Gasteiger partial charge on any atom is 0.248 e. The Hall–Kier alpha value is -0.610. The van der Waals surface area contributed by atoms with Gasteiger partial charge in [-0.3, -0.25) is 4.79 Å². The van der Waals surface area contributed by atoms with Gasteiger partial charge in [-0.15, -0.1) is 0 Å². The van der Waals surface area contributed by atoms with E-state index in [0.29, 0.717) is 5.41 Å². The number of carbonyl (C=O) groups is 1. The van der Waals surface area contributed by atoms with E-state index >= 15 is 0 Å². The summed E-state index contributed by atoms with van der Waals surface area (Å²) in [6.07, 6.45) is 12.4. The Bertz CT molecular complexity index is 395. The minimum absolute atomic E-state index is 0.170.